The molecule has 4 rings (SSSR count). The maximum absolute atomic E-state index is 12.7. The molecule has 1 aliphatic heterocycles. The number of esters is 1. The zero-order valence-electron chi connectivity index (χ0n) is 18.1. The summed E-state index contributed by atoms with van der Waals surface area (Å²) in [6, 6.07) is 20.2. The van der Waals surface area contributed by atoms with E-state index in [1.165, 1.54) is 0 Å². The quantitative estimate of drug-likeness (QED) is 0.295. The Kier molecular flexibility index (Phi) is 5.24. The molecule has 4 nitrogen and oxygen atoms in total. The van der Waals surface area contributed by atoms with Crippen LogP contribution in [-0.2, 0) is 5.41 Å². The van der Waals surface area contributed by atoms with E-state index in [1.807, 2.05) is 42.5 Å². The lowest BCUT2D eigenvalue weighted by Gasteiger charge is -2.19. The molecule has 0 saturated heterocycles. The van der Waals surface area contributed by atoms with Crippen molar-refractivity contribution >= 4 is 17.8 Å². The summed E-state index contributed by atoms with van der Waals surface area (Å²) in [6.45, 7) is 8.14. The van der Waals surface area contributed by atoms with E-state index in [0.29, 0.717) is 28.2 Å². The maximum atomic E-state index is 12.7. The number of benzene rings is 3. The summed E-state index contributed by atoms with van der Waals surface area (Å²) in [6.07, 6.45) is 1.71. The van der Waals surface area contributed by atoms with E-state index in [0.717, 1.165) is 11.1 Å². The van der Waals surface area contributed by atoms with Crippen LogP contribution in [0.3, 0.4) is 0 Å². The molecule has 31 heavy (non-hydrogen) atoms. The van der Waals surface area contributed by atoms with Crippen LogP contribution in [0.15, 0.2) is 72.5 Å². The first kappa shape index (κ1) is 20.6. The minimum atomic E-state index is -0.451. The minimum Gasteiger partial charge on any atom is -0.452 e. The van der Waals surface area contributed by atoms with Crippen LogP contribution < -0.4 is 9.47 Å². The van der Waals surface area contributed by atoms with E-state index >= 15 is 0 Å². The number of carbonyl (C=O) groups is 2. The summed E-state index contributed by atoms with van der Waals surface area (Å²) in [5.41, 5.74) is 3.57. The molecule has 0 radical (unpaired) electrons. The Morgan fingerprint density at radius 3 is 2.26 bits per heavy atom. The third kappa shape index (κ3) is 4.15. The minimum absolute atomic E-state index is 0.00780. The summed E-state index contributed by atoms with van der Waals surface area (Å²) >= 11 is 0. The van der Waals surface area contributed by atoms with Crippen molar-refractivity contribution in [3.63, 3.8) is 0 Å². The number of fused-ring (bicyclic) bond motifs is 1. The van der Waals surface area contributed by atoms with Gasteiger partial charge >= 0.3 is 5.97 Å². The summed E-state index contributed by atoms with van der Waals surface area (Å²) in [7, 11) is 0. The normalized spacial score (nSPS) is 14.3. The number of rotatable bonds is 3. The lowest BCUT2D eigenvalue weighted by molar-refractivity contribution is 0.0733. The Morgan fingerprint density at radius 2 is 1.61 bits per heavy atom. The molecule has 156 valence electrons. The topological polar surface area (TPSA) is 52.6 Å². The van der Waals surface area contributed by atoms with Crippen molar-refractivity contribution in [3.05, 3.63) is 100 Å². The smallest absolute Gasteiger partial charge is 0.343 e. The van der Waals surface area contributed by atoms with E-state index in [4.69, 9.17) is 9.47 Å². The van der Waals surface area contributed by atoms with Crippen molar-refractivity contribution in [2.75, 3.05) is 0 Å². The summed E-state index contributed by atoms with van der Waals surface area (Å²) < 4.78 is 11.5. The Balaban J connectivity index is 1.56. The van der Waals surface area contributed by atoms with Gasteiger partial charge in [-0.05, 0) is 53.8 Å². The first-order valence-corrected chi connectivity index (χ1v) is 10.2. The van der Waals surface area contributed by atoms with Gasteiger partial charge in [0.25, 0.3) is 0 Å². The van der Waals surface area contributed by atoms with E-state index in [2.05, 4.69) is 20.8 Å². The fraction of sp³-hybridized carbons (Fsp3) is 0.185. The fourth-order valence-corrected chi connectivity index (χ4v) is 3.44. The van der Waals surface area contributed by atoms with E-state index in [-0.39, 0.29) is 17.0 Å². The largest absolute Gasteiger partial charge is 0.452 e. The average Bonchev–Trinajstić information content (AvgIpc) is 3.06. The highest BCUT2D eigenvalue weighted by Gasteiger charge is 2.30. The second kappa shape index (κ2) is 7.88. The number of ketones is 1. The van der Waals surface area contributed by atoms with Crippen LogP contribution in [0, 0.1) is 6.92 Å². The average molecular weight is 412 g/mol. The van der Waals surface area contributed by atoms with E-state index in [9.17, 15) is 9.59 Å². The number of ether oxygens (including phenoxy) is 2. The molecule has 4 heteroatoms. The van der Waals surface area contributed by atoms with Crippen LogP contribution in [0.4, 0.5) is 0 Å². The summed E-state index contributed by atoms with van der Waals surface area (Å²) in [5, 5.41) is 0. The second-order valence-electron chi connectivity index (χ2n) is 8.63. The molecule has 0 saturated carbocycles. The predicted octanol–water partition coefficient (Wildman–Crippen LogP) is 6.13. The zero-order chi connectivity index (χ0) is 22.2. The van der Waals surface area contributed by atoms with Gasteiger partial charge < -0.3 is 9.47 Å². The van der Waals surface area contributed by atoms with Crippen LogP contribution >= 0.6 is 0 Å². The number of hydrogen-bond acceptors (Lipinski definition) is 4. The number of allylic oxidation sites excluding steroid dienone is 1. The summed E-state index contributed by atoms with van der Waals surface area (Å²) in [4.78, 5) is 25.4. The van der Waals surface area contributed by atoms with Gasteiger partial charge in [-0.25, -0.2) is 4.79 Å². The molecule has 3 aromatic carbocycles. The number of carbonyl (C=O) groups excluding carboxylic acids is 2. The molecule has 0 atom stereocenters. The van der Waals surface area contributed by atoms with Gasteiger partial charge in [0.05, 0.1) is 11.1 Å². The molecule has 0 fully saturated rings. The van der Waals surface area contributed by atoms with Gasteiger partial charge in [-0.2, -0.15) is 0 Å². The molecule has 1 heterocycles. The van der Waals surface area contributed by atoms with Crippen LogP contribution in [0.5, 0.6) is 11.5 Å². The van der Waals surface area contributed by atoms with E-state index < -0.39 is 5.97 Å². The maximum Gasteiger partial charge on any atom is 0.343 e. The van der Waals surface area contributed by atoms with Gasteiger partial charge in [-0.1, -0.05) is 63.2 Å². The Hall–Kier alpha value is -3.66. The fourth-order valence-electron chi connectivity index (χ4n) is 3.44. The molecule has 0 unspecified atom stereocenters. The van der Waals surface area contributed by atoms with Gasteiger partial charge in [0.1, 0.15) is 11.5 Å². The lowest BCUT2D eigenvalue weighted by Crippen LogP contribution is -2.13. The monoisotopic (exact) mass is 412 g/mol. The van der Waals surface area contributed by atoms with Crippen LogP contribution in [0.25, 0.3) is 6.08 Å². The Morgan fingerprint density at radius 1 is 0.935 bits per heavy atom. The van der Waals surface area contributed by atoms with Gasteiger partial charge in [0.2, 0.25) is 5.78 Å². The van der Waals surface area contributed by atoms with Crippen molar-refractivity contribution in [2.24, 2.45) is 0 Å². The molecule has 0 spiro atoms. The highest BCUT2D eigenvalue weighted by molar-refractivity contribution is 6.15. The highest BCUT2D eigenvalue weighted by atomic mass is 16.5. The van der Waals surface area contributed by atoms with Crippen molar-refractivity contribution < 1.29 is 19.1 Å². The van der Waals surface area contributed by atoms with Crippen LogP contribution in [0.1, 0.15) is 58.2 Å². The van der Waals surface area contributed by atoms with Gasteiger partial charge in [0.15, 0.2) is 5.76 Å². The molecule has 0 N–H and O–H groups in total. The number of hydrogen-bond donors (Lipinski definition) is 0. The van der Waals surface area contributed by atoms with Crippen molar-refractivity contribution in [1.82, 2.24) is 0 Å². The number of Topliss-reactive ketones (excluding diaryl/α,β-unsaturated/α-hetero) is 1. The van der Waals surface area contributed by atoms with Gasteiger partial charge in [-0.15, -0.1) is 0 Å². The van der Waals surface area contributed by atoms with Crippen molar-refractivity contribution in [2.45, 2.75) is 33.1 Å². The SMILES string of the molecule is Cc1c(OC(=O)c2ccc(C(C)(C)C)cc2)ccc2c1O/C(=C\c1ccccc1)C2=O. The third-order valence-corrected chi connectivity index (χ3v) is 5.32. The Labute approximate surface area is 182 Å². The molecule has 3 aromatic rings. The standard InChI is InChI=1S/C27H24O4/c1-17-22(31-26(29)19-10-12-20(13-11-19)27(2,3)4)15-14-21-24(28)23(30-25(17)21)16-18-8-6-5-7-9-18/h5-16H,1-4H3/b23-16-. The van der Waals surface area contributed by atoms with Gasteiger partial charge in [0, 0.05) is 5.56 Å². The first-order valence-electron chi connectivity index (χ1n) is 10.2. The zero-order valence-corrected chi connectivity index (χ0v) is 18.1. The van der Waals surface area contributed by atoms with Gasteiger partial charge in [-0.3, -0.25) is 4.79 Å². The lowest BCUT2D eigenvalue weighted by atomic mass is 9.87. The predicted molar refractivity (Wildman–Crippen MR) is 121 cm³/mol. The first-order chi connectivity index (χ1) is 14.7. The molecule has 0 aromatic heterocycles. The Bertz CT molecular complexity index is 1180. The van der Waals surface area contributed by atoms with Crippen molar-refractivity contribution in [3.8, 4) is 11.5 Å². The molecule has 0 aliphatic carbocycles. The molecular formula is C27H24O4. The van der Waals surface area contributed by atoms with Crippen molar-refractivity contribution in [1.29, 1.82) is 0 Å². The summed E-state index contributed by atoms with van der Waals surface area (Å²) in [5.74, 6) is 0.425. The molecular weight excluding hydrogens is 388 g/mol. The molecule has 0 bridgehead atoms. The van der Waals surface area contributed by atoms with Crippen LogP contribution in [0.2, 0.25) is 0 Å². The molecule has 0 amide bonds. The second-order valence-corrected chi connectivity index (χ2v) is 8.63. The molecule has 1 aliphatic rings. The van der Waals surface area contributed by atoms with Crippen LogP contribution in [-0.4, -0.2) is 11.8 Å². The third-order valence-electron chi connectivity index (χ3n) is 5.32. The van der Waals surface area contributed by atoms with E-state index in [1.54, 1.807) is 37.3 Å². The highest BCUT2D eigenvalue weighted by Crippen LogP contribution is 2.39.